The zero-order chi connectivity index (χ0) is 12.2. The van der Waals surface area contributed by atoms with Crippen LogP contribution in [-0.4, -0.2) is 29.1 Å². The molecule has 0 bridgehead atoms. The third-order valence-corrected chi connectivity index (χ3v) is 2.75. The molecule has 4 heteroatoms. The van der Waals surface area contributed by atoms with Gasteiger partial charge < -0.3 is 10.2 Å². The van der Waals surface area contributed by atoms with Crippen LogP contribution in [-0.2, 0) is 0 Å². The van der Waals surface area contributed by atoms with E-state index < -0.39 is 0 Å². The highest BCUT2D eigenvalue weighted by molar-refractivity contribution is 5.75. The smallest absolute Gasteiger partial charge is 0.318 e. The SMILES string of the molecule is CC(C)(C)NC(=O)N(CC#N)C1CCCC1. The van der Waals surface area contributed by atoms with Crippen molar-refractivity contribution in [2.75, 3.05) is 6.54 Å². The molecule has 0 aromatic rings. The van der Waals surface area contributed by atoms with Gasteiger partial charge in [-0.2, -0.15) is 5.26 Å². The third kappa shape index (κ3) is 3.73. The second kappa shape index (κ2) is 5.20. The van der Waals surface area contributed by atoms with Crippen molar-refractivity contribution >= 4 is 6.03 Å². The molecule has 1 N–H and O–H groups in total. The molecule has 16 heavy (non-hydrogen) atoms. The number of carbonyl (C=O) groups excluding carboxylic acids is 1. The Hall–Kier alpha value is -1.24. The molecule has 0 unspecified atom stereocenters. The summed E-state index contributed by atoms with van der Waals surface area (Å²) in [7, 11) is 0. The summed E-state index contributed by atoms with van der Waals surface area (Å²) in [4.78, 5) is 13.7. The van der Waals surface area contributed by atoms with Gasteiger partial charge in [0.05, 0.1) is 6.07 Å². The molecule has 4 nitrogen and oxygen atoms in total. The van der Waals surface area contributed by atoms with E-state index >= 15 is 0 Å². The van der Waals surface area contributed by atoms with Crippen LogP contribution in [0.3, 0.4) is 0 Å². The fourth-order valence-electron chi connectivity index (χ4n) is 2.05. The summed E-state index contributed by atoms with van der Waals surface area (Å²) in [6.07, 6.45) is 4.38. The average Bonchev–Trinajstić information content (AvgIpc) is 2.63. The monoisotopic (exact) mass is 223 g/mol. The molecule has 0 spiro atoms. The molecule has 1 rings (SSSR count). The van der Waals surface area contributed by atoms with Crippen LogP contribution >= 0.6 is 0 Å². The lowest BCUT2D eigenvalue weighted by molar-refractivity contribution is 0.175. The number of urea groups is 1. The summed E-state index contributed by atoms with van der Waals surface area (Å²) in [6.45, 7) is 6.03. The van der Waals surface area contributed by atoms with Gasteiger partial charge in [-0.05, 0) is 33.6 Å². The average molecular weight is 223 g/mol. The largest absolute Gasteiger partial charge is 0.333 e. The van der Waals surface area contributed by atoms with Crippen LogP contribution in [0.1, 0.15) is 46.5 Å². The van der Waals surface area contributed by atoms with Crippen molar-refractivity contribution in [2.24, 2.45) is 0 Å². The molecule has 0 atom stereocenters. The van der Waals surface area contributed by atoms with Crippen LogP contribution in [0.4, 0.5) is 4.79 Å². The highest BCUT2D eigenvalue weighted by atomic mass is 16.2. The maximum absolute atomic E-state index is 12.0. The predicted octanol–water partition coefficient (Wildman–Crippen LogP) is 2.26. The Balaban J connectivity index is 2.62. The Bertz CT molecular complexity index is 282. The number of hydrogen-bond donors (Lipinski definition) is 1. The van der Waals surface area contributed by atoms with Gasteiger partial charge in [0, 0.05) is 11.6 Å². The first-order chi connectivity index (χ1) is 7.44. The summed E-state index contributed by atoms with van der Waals surface area (Å²) in [5, 5.41) is 11.7. The van der Waals surface area contributed by atoms with Crippen molar-refractivity contribution in [1.82, 2.24) is 10.2 Å². The molecule has 1 aliphatic rings. The molecule has 90 valence electrons. The van der Waals surface area contributed by atoms with Gasteiger partial charge in [-0.25, -0.2) is 4.79 Å². The van der Waals surface area contributed by atoms with Crippen LogP contribution in [0.2, 0.25) is 0 Å². The van der Waals surface area contributed by atoms with Gasteiger partial charge in [-0.15, -0.1) is 0 Å². The number of amides is 2. The van der Waals surface area contributed by atoms with Crippen LogP contribution in [0.5, 0.6) is 0 Å². The number of nitrogens with one attached hydrogen (secondary N) is 1. The molecular formula is C12H21N3O. The summed E-state index contributed by atoms with van der Waals surface area (Å²) in [5.41, 5.74) is -0.247. The lowest BCUT2D eigenvalue weighted by atomic mass is 10.1. The minimum absolute atomic E-state index is 0.110. The van der Waals surface area contributed by atoms with Crippen LogP contribution < -0.4 is 5.32 Å². The molecule has 1 aliphatic carbocycles. The molecule has 0 saturated heterocycles. The van der Waals surface area contributed by atoms with Crippen molar-refractivity contribution in [3.63, 3.8) is 0 Å². The normalized spacial score (nSPS) is 16.9. The molecule has 0 heterocycles. The van der Waals surface area contributed by atoms with Gasteiger partial charge in [0.1, 0.15) is 6.54 Å². The van der Waals surface area contributed by atoms with Crippen LogP contribution in [0.15, 0.2) is 0 Å². The molecule has 0 aliphatic heterocycles. The summed E-state index contributed by atoms with van der Waals surface area (Å²) in [5.74, 6) is 0. The Morgan fingerprint density at radius 2 is 2.00 bits per heavy atom. The minimum Gasteiger partial charge on any atom is -0.333 e. The Labute approximate surface area is 97.6 Å². The summed E-state index contributed by atoms with van der Waals surface area (Å²) >= 11 is 0. The first kappa shape index (κ1) is 12.8. The highest BCUT2D eigenvalue weighted by Crippen LogP contribution is 2.23. The lowest BCUT2D eigenvalue weighted by Gasteiger charge is -2.30. The standard InChI is InChI=1S/C12H21N3O/c1-12(2,3)14-11(16)15(9-8-13)10-6-4-5-7-10/h10H,4-7,9H2,1-3H3,(H,14,16). The Kier molecular flexibility index (Phi) is 4.17. The van der Waals surface area contributed by atoms with Crippen molar-refractivity contribution < 1.29 is 4.79 Å². The minimum atomic E-state index is -0.247. The number of rotatable bonds is 2. The van der Waals surface area contributed by atoms with Gasteiger partial charge in [0.15, 0.2) is 0 Å². The second-order valence-electron chi connectivity index (χ2n) is 5.40. The first-order valence-corrected chi connectivity index (χ1v) is 5.90. The van der Waals surface area contributed by atoms with E-state index in [1.54, 1.807) is 4.90 Å². The Morgan fingerprint density at radius 3 is 2.44 bits per heavy atom. The predicted molar refractivity (Wildman–Crippen MR) is 62.9 cm³/mol. The van der Waals surface area contributed by atoms with Crippen LogP contribution in [0, 0.1) is 11.3 Å². The highest BCUT2D eigenvalue weighted by Gasteiger charge is 2.28. The van der Waals surface area contributed by atoms with Gasteiger partial charge in [0.2, 0.25) is 0 Å². The van der Waals surface area contributed by atoms with Crippen LogP contribution in [0.25, 0.3) is 0 Å². The topological polar surface area (TPSA) is 56.1 Å². The van der Waals surface area contributed by atoms with Crippen molar-refractivity contribution in [1.29, 1.82) is 5.26 Å². The van der Waals surface area contributed by atoms with Crippen molar-refractivity contribution in [2.45, 2.75) is 58.0 Å². The van der Waals surface area contributed by atoms with Crippen molar-refractivity contribution in [3.05, 3.63) is 0 Å². The lowest BCUT2D eigenvalue weighted by Crippen LogP contribution is -2.51. The fourth-order valence-corrected chi connectivity index (χ4v) is 2.05. The van der Waals surface area contributed by atoms with Gasteiger partial charge in [-0.3, -0.25) is 0 Å². The van der Waals surface area contributed by atoms with E-state index in [2.05, 4.69) is 11.4 Å². The zero-order valence-corrected chi connectivity index (χ0v) is 10.4. The molecular weight excluding hydrogens is 202 g/mol. The maximum atomic E-state index is 12.0. The molecule has 0 aromatic carbocycles. The Morgan fingerprint density at radius 1 is 1.44 bits per heavy atom. The fraction of sp³-hybridized carbons (Fsp3) is 0.833. The molecule has 0 radical (unpaired) electrons. The maximum Gasteiger partial charge on any atom is 0.318 e. The third-order valence-electron chi connectivity index (χ3n) is 2.75. The summed E-state index contributed by atoms with van der Waals surface area (Å²) in [6, 6.07) is 2.22. The van der Waals surface area contributed by atoms with E-state index in [0.717, 1.165) is 25.7 Å². The number of nitrogens with zero attached hydrogens (tertiary/aromatic N) is 2. The van der Waals surface area contributed by atoms with E-state index in [4.69, 9.17) is 5.26 Å². The van der Waals surface area contributed by atoms with Crippen molar-refractivity contribution in [3.8, 4) is 6.07 Å². The van der Waals surface area contributed by atoms with E-state index in [-0.39, 0.29) is 24.2 Å². The van der Waals surface area contributed by atoms with E-state index in [0.29, 0.717) is 0 Å². The summed E-state index contributed by atoms with van der Waals surface area (Å²) < 4.78 is 0. The van der Waals surface area contributed by atoms with E-state index in [9.17, 15) is 4.79 Å². The molecule has 2 amide bonds. The van der Waals surface area contributed by atoms with Gasteiger partial charge >= 0.3 is 6.03 Å². The quantitative estimate of drug-likeness (QED) is 0.730. The number of hydrogen-bond acceptors (Lipinski definition) is 2. The second-order valence-corrected chi connectivity index (χ2v) is 5.40. The molecule has 1 fully saturated rings. The number of nitriles is 1. The van der Waals surface area contributed by atoms with Gasteiger partial charge in [-0.1, -0.05) is 12.8 Å². The van der Waals surface area contributed by atoms with E-state index in [1.165, 1.54) is 0 Å². The van der Waals surface area contributed by atoms with Gasteiger partial charge in [0.25, 0.3) is 0 Å². The molecule has 1 saturated carbocycles. The molecule has 0 aromatic heterocycles. The number of carbonyl (C=O) groups is 1. The zero-order valence-electron chi connectivity index (χ0n) is 10.4. The first-order valence-electron chi connectivity index (χ1n) is 5.90. The van der Waals surface area contributed by atoms with E-state index in [1.807, 2.05) is 20.8 Å².